The number of hydrogen-bond donors (Lipinski definition) is 1. The number of para-hydroxylation sites is 1. The molecule has 0 heterocycles. The second-order valence-corrected chi connectivity index (χ2v) is 2.29. The Hall–Kier alpha value is -1.51. The zero-order chi connectivity index (χ0) is 8.81. The molecule has 0 unspecified atom stereocenters. The van der Waals surface area contributed by atoms with E-state index in [1.54, 1.807) is 19.1 Å². The topological polar surface area (TPSA) is 38.3 Å². The summed E-state index contributed by atoms with van der Waals surface area (Å²) in [5.74, 6) is 0.512. The predicted octanol–water partition coefficient (Wildman–Crippen LogP) is 1.51. The maximum atomic E-state index is 10.7. The van der Waals surface area contributed by atoms with Crippen LogP contribution in [0.5, 0.6) is 5.75 Å². The number of rotatable bonds is 3. The van der Waals surface area contributed by atoms with Crippen molar-refractivity contribution in [2.75, 3.05) is 0 Å². The van der Waals surface area contributed by atoms with Gasteiger partial charge in [0.15, 0.2) is 5.75 Å². The molecule has 3 nitrogen and oxygen atoms in total. The van der Waals surface area contributed by atoms with Crippen molar-refractivity contribution in [1.29, 1.82) is 0 Å². The highest BCUT2D eigenvalue weighted by molar-refractivity contribution is 5.74. The third kappa shape index (κ3) is 2.62. The van der Waals surface area contributed by atoms with Gasteiger partial charge in [-0.15, -0.1) is 0 Å². The van der Waals surface area contributed by atoms with Crippen LogP contribution in [0.15, 0.2) is 30.3 Å². The van der Waals surface area contributed by atoms with Gasteiger partial charge in [-0.1, -0.05) is 25.1 Å². The van der Waals surface area contributed by atoms with Gasteiger partial charge in [0.2, 0.25) is 0 Å². The molecule has 0 aromatic heterocycles. The summed E-state index contributed by atoms with van der Waals surface area (Å²) in [7, 11) is 0. The van der Waals surface area contributed by atoms with Crippen molar-refractivity contribution in [3.05, 3.63) is 30.3 Å². The molecule has 0 bridgehead atoms. The van der Waals surface area contributed by atoms with Gasteiger partial charge < -0.3 is 4.84 Å². The highest BCUT2D eigenvalue weighted by atomic mass is 16.7. The Kier molecular flexibility index (Phi) is 3.14. The first kappa shape index (κ1) is 8.59. The van der Waals surface area contributed by atoms with Crippen molar-refractivity contribution in [2.45, 2.75) is 13.3 Å². The van der Waals surface area contributed by atoms with Crippen LogP contribution in [0, 0.1) is 0 Å². The molecule has 64 valence electrons. The minimum absolute atomic E-state index is 0.126. The van der Waals surface area contributed by atoms with E-state index in [9.17, 15) is 4.79 Å². The molecule has 0 spiro atoms. The fourth-order valence-corrected chi connectivity index (χ4v) is 0.677. The summed E-state index contributed by atoms with van der Waals surface area (Å²) in [5.41, 5.74) is 2.31. The van der Waals surface area contributed by atoms with E-state index in [1.807, 2.05) is 18.2 Å². The first-order valence-electron chi connectivity index (χ1n) is 3.83. The van der Waals surface area contributed by atoms with Crippen LogP contribution in [0.2, 0.25) is 0 Å². The van der Waals surface area contributed by atoms with Gasteiger partial charge in [0.25, 0.3) is 5.91 Å². The smallest absolute Gasteiger partial charge is 0.252 e. The summed E-state index contributed by atoms with van der Waals surface area (Å²) in [6.07, 6.45) is 0.423. The molecule has 1 N–H and O–H groups in total. The van der Waals surface area contributed by atoms with Crippen molar-refractivity contribution in [1.82, 2.24) is 5.48 Å². The highest BCUT2D eigenvalue weighted by Crippen LogP contribution is 2.06. The fourth-order valence-electron chi connectivity index (χ4n) is 0.677. The maximum Gasteiger partial charge on any atom is 0.252 e. The number of benzene rings is 1. The van der Waals surface area contributed by atoms with Gasteiger partial charge in [0.1, 0.15) is 0 Å². The minimum Gasteiger partial charge on any atom is -0.380 e. The van der Waals surface area contributed by atoms with E-state index in [0.717, 1.165) is 0 Å². The molecule has 0 atom stereocenters. The molecule has 0 saturated carbocycles. The van der Waals surface area contributed by atoms with E-state index in [2.05, 4.69) is 5.48 Å². The van der Waals surface area contributed by atoms with Crippen molar-refractivity contribution >= 4 is 5.91 Å². The van der Waals surface area contributed by atoms with Crippen molar-refractivity contribution in [3.63, 3.8) is 0 Å². The summed E-state index contributed by atoms with van der Waals surface area (Å²) in [4.78, 5) is 15.7. The van der Waals surface area contributed by atoms with Crippen LogP contribution in [-0.4, -0.2) is 5.91 Å². The van der Waals surface area contributed by atoms with Crippen LogP contribution in [-0.2, 0) is 4.79 Å². The van der Waals surface area contributed by atoms with Gasteiger partial charge >= 0.3 is 0 Å². The quantitative estimate of drug-likeness (QED) is 0.689. The maximum absolute atomic E-state index is 10.7. The Labute approximate surface area is 71.3 Å². The lowest BCUT2D eigenvalue weighted by Crippen LogP contribution is -2.25. The first-order chi connectivity index (χ1) is 5.83. The van der Waals surface area contributed by atoms with Gasteiger partial charge in [-0.05, 0) is 12.1 Å². The van der Waals surface area contributed by atoms with E-state index in [1.165, 1.54) is 0 Å². The molecule has 3 heteroatoms. The van der Waals surface area contributed by atoms with Gasteiger partial charge in [0, 0.05) is 6.42 Å². The molecule has 1 aromatic carbocycles. The number of amides is 1. The lowest BCUT2D eigenvalue weighted by Gasteiger charge is -2.04. The molecule has 0 radical (unpaired) electrons. The van der Waals surface area contributed by atoms with E-state index in [4.69, 9.17) is 4.84 Å². The third-order valence-corrected chi connectivity index (χ3v) is 1.35. The Balaban J connectivity index is 2.38. The summed E-state index contributed by atoms with van der Waals surface area (Å²) >= 11 is 0. The van der Waals surface area contributed by atoms with Crippen molar-refractivity contribution < 1.29 is 9.63 Å². The molecule has 0 saturated heterocycles. The minimum atomic E-state index is -0.126. The molecular formula is C9H11NO2. The van der Waals surface area contributed by atoms with Crippen LogP contribution in [0.3, 0.4) is 0 Å². The summed E-state index contributed by atoms with van der Waals surface area (Å²) in [5, 5.41) is 0. The Morgan fingerprint density at radius 1 is 1.42 bits per heavy atom. The Bertz CT molecular complexity index is 246. The number of carbonyl (C=O) groups is 1. The second-order valence-electron chi connectivity index (χ2n) is 2.29. The average Bonchev–Trinajstić information content (AvgIpc) is 2.16. The van der Waals surface area contributed by atoms with E-state index >= 15 is 0 Å². The molecule has 1 rings (SSSR count). The summed E-state index contributed by atoms with van der Waals surface area (Å²) in [6, 6.07) is 9.11. The van der Waals surface area contributed by atoms with E-state index in [0.29, 0.717) is 12.2 Å². The molecule has 0 fully saturated rings. The number of hydrogen-bond acceptors (Lipinski definition) is 2. The van der Waals surface area contributed by atoms with Crippen LogP contribution in [0.1, 0.15) is 13.3 Å². The highest BCUT2D eigenvalue weighted by Gasteiger charge is 1.95. The molecule has 0 aliphatic carbocycles. The summed E-state index contributed by atoms with van der Waals surface area (Å²) in [6.45, 7) is 1.77. The Morgan fingerprint density at radius 2 is 2.08 bits per heavy atom. The molecule has 0 aliphatic heterocycles. The fraction of sp³-hybridized carbons (Fsp3) is 0.222. The SMILES string of the molecule is CCC(=O)NOc1ccccc1. The standard InChI is InChI=1S/C9H11NO2/c1-2-9(11)10-12-8-6-4-3-5-7-8/h3-7H,2H2,1H3,(H,10,11). The predicted molar refractivity (Wildman–Crippen MR) is 45.5 cm³/mol. The zero-order valence-corrected chi connectivity index (χ0v) is 6.91. The van der Waals surface area contributed by atoms with Gasteiger partial charge in [-0.2, -0.15) is 5.48 Å². The normalized spacial score (nSPS) is 9.08. The van der Waals surface area contributed by atoms with Crippen LogP contribution in [0.4, 0.5) is 0 Å². The van der Waals surface area contributed by atoms with Crippen LogP contribution in [0.25, 0.3) is 0 Å². The van der Waals surface area contributed by atoms with Crippen LogP contribution >= 0.6 is 0 Å². The number of carbonyl (C=O) groups excluding carboxylic acids is 1. The largest absolute Gasteiger partial charge is 0.380 e. The lowest BCUT2D eigenvalue weighted by atomic mass is 10.3. The first-order valence-corrected chi connectivity index (χ1v) is 3.83. The molecular weight excluding hydrogens is 154 g/mol. The number of hydroxylamine groups is 1. The number of nitrogens with one attached hydrogen (secondary N) is 1. The van der Waals surface area contributed by atoms with Gasteiger partial charge in [-0.3, -0.25) is 4.79 Å². The molecule has 12 heavy (non-hydrogen) atoms. The van der Waals surface area contributed by atoms with Crippen molar-refractivity contribution in [2.24, 2.45) is 0 Å². The molecule has 1 aromatic rings. The van der Waals surface area contributed by atoms with E-state index in [-0.39, 0.29) is 5.91 Å². The monoisotopic (exact) mass is 165 g/mol. The lowest BCUT2D eigenvalue weighted by molar-refractivity contribution is -0.127. The van der Waals surface area contributed by atoms with Gasteiger partial charge in [-0.25, -0.2) is 0 Å². The molecule has 1 amide bonds. The second kappa shape index (κ2) is 4.38. The third-order valence-electron chi connectivity index (χ3n) is 1.35. The average molecular weight is 165 g/mol. The van der Waals surface area contributed by atoms with E-state index < -0.39 is 0 Å². The zero-order valence-electron chi connectivity index (χ0n) is 6.91. The Morgan fingerprint density at radius 3 is 2.67 bits per heavy atom. The van der Waals surface area contributed by atoms with Crippen LogP contribution < -0.4 is 10.3 Å². The molecule has 0 aliphatic rings. The summed E-state index contributed by atoms with van der Waals surface area (Å²) < 4.78 is 0. The van der Waals surface area contributed by atoms with Gasteiger partial charge in [0.05, 0.1) is 0 Å². The van der Waals surface area contributed by atoms with Crippen molar-refractivity contribution in [3.8, 4) is 5.75 Å².